The quantitative estimate of drug-likeness (QED) is 0.600. The summed E-state index contributed by atoms with van der Waals surface area (Å²) in [6.45, 7) is 4.91. The van der Waals surface area contributed by atoms with Gasteiger partial charge in [0, 0.05) is 31.9 Å². The lowest BCUT2D eigenvalue weighted by Gasteiger charge is -2.16. The Labute approximate surface area is 147 Å². The molecule has 0 atom stereocenters. The summed E-state index contributed by atoms with van der Waals surface area (Å²) < 4.78 is 2.89. The van der Waals surface area contributed by atoms with Gasteiger partial charge in [-0.05, 0) is 44.2 Å². The van der Waals surface area contributed by atoms with Crippen molar-refractivity contribution in [3.05, 3.63) is 56.7 Å². The van der Waals surface area contributed by atoms with E-state index < -0.39 is 0 Å². The van der Waals surface area contributed by atoms with E-state index in [1.807, 2.05) is 50.1 Å². The van der Waals surface area contributed by atoms with Crippen molar-refractivity contribution in [1.29, 1.82) is 0 Å². The molecule has 1 saturated carbocycles. The SMILES string of the molecule is CCn1c(N=CN(C)c2ccccc2C)cc(=O)n(CC2CC2)c1=O. The van der Waals surface area contributed by atoms with E-state index in [2.05, 4.69) is 4.99 Å². The zero-order valence-corrected chi connectivity index (χ0v) is 15.0. The number of para-hydroxylation sites is 1. The van der Waals surface area contributed by atoms with Crippen LogP contribution in [0.3, 0.4) is 0 Å². The molecule has 0 aliphatic heterocycles. The van der Waals surface area contributed by atoms with Crippen LogP contribution in [0.15, 0.2) is 44.9 Å². The van der Waals surface area contributed by atoms with Gasteiger partial charge >= 0.3 is 5.69 Å². The summed E-state index contributed by atoms with van der Waals surface area (Å²) in [5.41, 5.74) is 1.61. The van der Waals surface area contributed by atoms with E-state index in [4.69, 9.17) is 0 Å². The molecule has 1 fully saturated rings. The average molecular weight is 340 g/mol. The van der Waals surface area contributed by atoms with Crippen LogP contribution in [-0.4, -0.2) is 22.5 Å². The first-order valence-electron chi connectivity index (χ1n) is 8.68. The standard InChI is InChI=1S/C19H24N4O2/c1-4-22-17(11-18(24)23(19(22)25)12-15-9-10-15)20-13-21(3)16-8-6-5-7-14(16)2/h5-8,11,13,15H,4,9-10,12H2,1-3H3. The molecule has 1 aromatic carbocycles. The van der Waals surface area contributed by atoms with Crippen LogP contribution in [0.2, 0.25) is 0 Å². The number of aromatic nitrogens is 2. The van der Waals surface area contributed by atoms with E-state index in [1.165, 1.54) is 10.6 Å². The molecule has 1 aliphatic carbocycles. The Morgan fingerprint density at radius 1 is 1.24 bits per heavy atom. The summed E-state index contributed by atoms with van der Waals surface area (Å²) in [7, 11) is 1.90. The van der Waals surface area contributed by atoms with Crippen LogP contribution < -0.4 is 16.1 Å². The Kier molecular flexibility index (Phi) is 4.88. The predicted octanol–water partition coefficient (Wildman–Crippen LogP) is 2.54. The second-order valence-electron chi connectivity index (χ2n) is 6.56. The minimum absolute atomic E-state index is 0.271. The average Bonchev–Trinajstić information content (AvgIpc) is 3.41. The smallest absolute Gasteiger partial charge is 0.332 e. The van der Waals surface area contributed by atoms with E-state index in [1.54, 1.807) is 10.9 Å². The number of hydrogen-bond acceptors (Lipinski definition) is 3. The highest BCUT2D eigenvalue weighted by Gasteiger charge is 2.24. The van der Waals surface area contributed by atoms with Crippen molar-refractivity contribution < 1.29 is 0 Å². The fourth-order valence-electron chi connectivity index (χ4n) is 2.90. The van der Waals surface area contributed by atoms with Gasteiger partial charge in [0.2, 0.25) is 0 Å². The number of rotatable bonds is 6. The van der Waals surface area contributed by atoms with Crippen LogP contribution in [0.4, 0.5) is 11.5 Å². The largest absolute Gasteiger partial charge is 0.335 e. The van der Waals surface area contributed by atoms with E-state index in [0.29, 0.717) is 24.8 Å². The Morgan fingerprint density at radius 2 is 1.96 bits per heavy atom. The van der Waals surface area contributed by atoms with E-state index in [-0.39, 0.29) is 11.2 Å². The molecule has 0 spiro atoms. The zero-order chi connectivity index (χ0) is 18.0. The van der Waals surface area contributed by atoms with Gasteiger partial charge in [0.05, 0.1) is 6.34 Å². The molecule has 0 saturated heterocycles. The molecule has 2 aromatic rings. The number of anilines is 1. The first-order valence-corrected chi connectivity index (χ1v) is 8.68. The molecule has 0 unspecified atom stereocenters. The van der Waals surface area contributed by atoms with Crippen molar-refractivity contribution in [1.82, 2.24) is 9.13 Å². The Morgan fingerprint density at radius 3 is 2.60 bits per heavy atom. The number of benzene rings is 1. The lowest BCUT2D eigenvalue weighted by Crippen LogP contribution is -2.39. The summed E-state index contributed by atoms with van der Waals surface area (Å²) in [6.07, 6.45) is 3.84. The highest BCUT2D eigenvalue weighted by Crippen LogP contribution is 2.29. The molecule has 3 rings (SSSR count). The maximum Gasteiger partial charge on any atom is 0.332 e. The van der Waals surface area contributed by atoms with Gasteiger partial charge in [0.15, 0.2) is 0 Å². The van der Waals surface area contributed by atoms with Gasteiger partial charge < -0.3 is 4.90 Å². The predicted molar refractivity (Wildman–Crippen MR) is 101 cm³/mol. The molecule has 1 aromatic heterocycles. The van der Waals surface area contributed by atoms with E-state index in [9.17, 15) is 9.59 Å². The van der Waals surface area contributed by atoms with Crippen molar-refractivity contribution in [2.75, 3.05) is 11.9 Å². The first kappa shape index (κ1) is 17.2. The molecule has 1 aliphatic rings. The van der Waals surface area contributed by atoms with Crippen LogP contribution in [0, 0.1) is 12.8 Å². The Bertz CT molecular complexity index is 906. The van der Waals surface area contributed by atoms with Crippen LogP contribution in [0.1, 0.15) is 25.3 Å². The maximum atomic E-state index is 12.6. The van der Waals surface area contributed by atoms with Crippen molar-refractivity contribution in [2.24, 2.45) is 10.9 Å². The highest BCUT2D eigenvalue weighted by atomic mass is 16.2. The molecule has 132 valence electrons. The number of aliphatic imine (C=N–C) groups is 1. The van der Waals surface area contributed by atoms with Crippen molar-refractivity contribution in [3.8, 4) is 0 Å². The lowest BCUT2D eigenvalue weighted by molar-refractivity contribution is 0.535. The lowest BCUT2D eigenvalue weighted by atomic mass is 10.2. The molecule has 0 amide bonds. The first-order chi connectivity index (χ1) is 12.0. The molecule has 0 bridgehead atoms. The summed E-state index contributed by atoms with van der Waals surface area (Å²) in [5, 5.41) is 0. The normalized spacial score (nSPS) is 14.2. The second kappa shape index (κ2) is 7.09. The molecular weight excluding hydrogens is 316 g/mol. The fourth-order valence-corrected chi connectivity index (χ4v) is 2.90. The van der Waals surface area contributed by atoms with Crippen LogP contribution >= 0.6 is 0 Å². The third-order valence-electron chi connectivity index (χ3n) is 4.57. The van der Waals surface area contributed by atoms with Crippen LogP contribution in [-0.2, 0) is 13.1 Å². The van der Waals surface area contributed by atoms with Gasteiger partial charge in [-0.15, -0.1) is 0 Å². The van der Waals surface area contributed by atoms with Gasteiger partial charge in [-0.2, -0.15) is 0 Å². The van der Waals surface area contributed by atoms with Crippen molar-refractivity contribution in [3.63, 3.8) is 0 Å². The summed E-state index contributed by atoms with van der Waals surface area (Å²) in [6, 6.07) is 9.43. The summed E-state index contributed by atoms with van der Waals surface area (Å²) in [4.78, 5) is 31.2. The molecule has 25 heavy (non-hydrogen) atoms. The molecule has 1 heterocycles. The minimum Gasteiger partial charge on any atom is -0.335 e. The molecule has 0 radical (unpaired) electrons. The van der Waals surface area contributed by atoms with Gasteiger partial charge in [-0.3, -0.25) is 13.9 Å². The maximum absolute atomic E-state index is 12.6. The summed E-state index contributed by atoms with van der Waals surface area (Å²) >= 11 is 0. The third-order valence-corrected chi connectivity index (χ3v) is 4.57. The van der Waals surface area contributed by atoms with Crippen molar-refractivity contribution >= 4 is 17.8 Å². The van der Waals surface area contributed by atoms with Gasteiger partial charge in [0.25, 0.3) is 5.56 Å². The fraction of sp³-hybridized carbons (Fsp3) is 0.421. The van der Waals surface area contributed by atoms with Gasteiger partial charge in [0.1, 0.15) is 5.82 Å². The summed E-state index contributed by atoms with van der Waals surface area (Å²) in [5.74, 6) is 0.863. The van der Waals surface area contributed by atoms with Gasteiger partial charge in [-0.1, -0.05) is 18.2 Å². The van der Waals surface area contributed by atoms with Crippen LogP contribution in [0.5, 0.6) is 0 Å². The Balaban J connectivity index is 1.93. The molecule has 0 N–H and O–H groups in total. The number of aryl methyl sites for hydroxylation is 1. The molecular formula is C19H24N4O2. The number of hydrogen-bond donors (Lipinski definition) is 0. The van der Waals surface area contributed by atoms with E-state index >= 15 is 0 Å². The van der Waals surface area contributed by atoms with Gasteiger partial charge in [-0.25, -0.2) is 9.79 Å². The topological polar surface area (TPSA) is 59.6 Å². The molecule has 6 nitrogen and oxygen atoms in total. The number of nitrogens with zero attached hydrogens (tertiary/aromatic N) is 4. The van der Waals surface area contributed by atoms with Crippen LogP contribution in [0.25, 0.3) is 0 Å². The Hall–Kier alpha value is -2.63. The van der Waals surface area contributed by atoms with E-state index in [0.717, 1.165) is 24.1 Å². The minimum atomic E-state index is -0.271. The third kappa shape index (κ3) is 3.73. The highest BCUT2D eigenvalue weighted by molar-refractivity contribution is 5.81. The van der Waals surface area contributed by atoms with Crippen molar-refractivity contribution in [2.45, 2.75) is 39.8 Å². The second-order valence-corrected chi connectivity index (χ2v) is 6.56. The molecule has 6 heteroatoms. The monoisotopic (exact) mass is 340 g/mol. The zero-order valence-electron chi connectivity index (χ0n) is 15.0.